The first kappa shape index (κ1) is 14.7. The van der Waals surface area contributed by atoms with Crippen molar-refractivity contribution in [2.45, 2.75) is 33.7 Å². The predicted molar refractivity (Wildman–Crippen MR) is 79.0 cm³/mol. The van der Waals surface area contributed by atoms with Crippen molar-refractivity contribution < 1.29 is 9.59 Å². The summed E-state index contributed by atoms with van der Waals surface area (Å²) < 4.78 is 0. The van der Waals surface area contributed by atoms with Crippen LogP contribution in [0.2, 0.25) is 0 Å². The van der Waals surface area contributed by atoms with E-state index in [0.717, 1.165) is 23.2 Å². The molecule has 1 aliphatic rings. The first-order valence-electron chi connectivity index (χ1n) is 7.03. The van der Waals surface area contributed by atoms with Gasteiger partial charge < -0.3 is 5.32 Å². The molecular weight excluding hydrogens is 252 g/mol. The van der Waals surface area contributed by atoms with Gasteiger partial charge in [0.25, 0.3) is 0 Å². The van der Waals surface area contributed by atoms with Crippen molar-refractivity contribution in [1.29, 1.82) is 0 Å². The van der Waals surface area contributed by atoms with Crippen molar-refractivity contribution >= 4 is 11.7 Å². The first-order valence-corrected chi connectivity index (χ1v) is 7.03. The molecule has 1 aliphatic heterocycles. The van der Waals surface area contributed by atoms with Crippen LogP contribution in [0.15, 0.2) is 12.1 Å². The lowest BCUT2D eigenvalue weighted by Gasteiger charge is -2.32. The Kier molecular flexibility index (Phi) is 4.23. The van der Waals surface area contributed by atoms with Crippen LogP contribution >= 0.6 is 0 Å². The Morgan fingerprint density at radius 3 is 2.60 bits per heavy atom. The number of amides is 1. The first-order chi connectivity index (χ1) is 9.40. The highest BCUT2D eigenvalue weighted by molar-refractivity contribution is 5.99. The van der Waals surface area contributed by atoms with E-state index in [1.54, 1.807) is 0 Å². The second kappa shape index (κ2) is 5.75. The van der Waals surface area contributed by atoms with Gasteiger partial charge in [-0.3, -0.25) is 14.5 Å². The van der Waals surface area contributed by atoms with Gasteiger partial charge in [0.15, 0.2) is 5.78 Å². The van der Waals surface area contributed by atoms with Crippen LogP contribution in [0.4, 0.5) is 0 Å². The quantitative estimate of drug-likeness (QED) is 0.852. The van der Waals surface area contributed by atoms with E-state index in [4.69, 9.17) is 0 Å². The third-order valence-corrected chi connectivity index (χ3v) is 4.11. The topological polar surface area (TPSA) is 49.4 Å². The predicted octanol–water partition coefficient (Wildman–Crippen LogP) is 1.61. The van der Waals surface area contributed by atoms with Crippen LogP contribution in [0.3, 0.4) is 0 Å². The number of benzene rings is 1. The standard InChI is InChI=1S/C16H22N2O2/c1-10-7-12(3)14(8-11(10)2)15(19)9-18-6-5-17-16(20)13(18)4/h7-8,13H,5-6,9H2,1-4H3,(H,17,20). The monoisotopic (exact) mass is 274 g/mol. The van der Waals surface area contributed by atoms with Crippen LogP contribution < -0.4 is 5.32 Å². The zero-order chi connectivity index (χ0) is 14.9. The van der Waals surface area contributed by atoms with Gasteiger partial charge in [0.05, 0.1) is 12.6 Å². The lowest BCUT2D eigenvalue weighted by Crippen LogP contribution is -2.55. The maximum atomic E-state index is 12.5. The third-order valence-electron chi connectivity index (χ3n) is 4.11. The van der Waals surface area contributed by atoms with E-state index in [9.17, 15) is 9.59 Å². The minimum atomic E-state index is -0.237. The summed E-state index contributed by atoms with van der Waals surface area (Å²) in [7, 11) is 0. The number of carbonyl (C=O) groups is 2. The Morgan fingerprint density at radius 1 is 1.25 bits per heavy atom. The lowest BCUT2D eigenvalue weighted by atomic mass is 9.97. The van der Waals surface area contributed by atoms with E-state index in [-0.39, 0.29) is 17.7 Å². The summed E-state index contributed by atoms with van der Waals surface area (Å²) in [5.41, 5.74) is 4.10. The number of hydrogen-bond donors (Lipinski definition) is 1. The molecule has 4 heteroatoms. The highest BCUT2D eigenvalue weighted by Crippen LogP contribution is 2.17. The summed E-state index contributed by atoms with van der Waals surface area (Å²) in [5, 5.41) is 2.81. The minimum Gasteiger partial charge on any atom is -0.353 e. The van der Waals surface area contributed by atoms with Crippen LogP contribution in [0, 0.1) is 20.8 Å². The average molecular weight is 274 g/mol. The Balaban J connectivity index is 2.16. The fraction of sp³-hybridized carbons (Fsp3) is 0.500. The van der Waals surface area contributed by atoms with E-state index in [1.807, 2.05) is 38.7 Å². The second-order valence-corrected chi connectivity index (χ2v) is 5.61. The normalized spacial score (nSPS) is 19.8. The summed E-state index contributed by atoms with van der Waals surface area (Å²) >= 11 is 0. The Bertz CT molecular complexity index is 552. The largest absolute Gasteiger partial charge is 0.353 e. The van der Waals surface area contributed by atoms with Crippen LogP contribution in [0.1, 0.15) is 34.0 Å². The van der Waals surface area contributed by atoms with Gasteiger partial charge in [-0.25, -0.2) is 0 Å². The van der Waals surface area contributed by atoms with Crippen LogP contribution in [0.25, 0.3) is 0 Å². The van der Waals surface area contributed by atoms with Crippen molar-refractivity contribution in [3.8, 4) is 0 Å². The fourth-order valence-electron chi connectivity index (χ4n) is 2.58. The number of Topliss-reactive ketones (excluding diaryl/α,β-unsaturated/α-hetero) is 1. The second-order valence-electron chi connectivity index (χ2n) is 5.61. The molecule has 108 valence electrons. The molecule has 0 saturated carbocycles. The van der Waals surface area contributed by atoms with Crippen molar-refractivity contribution in [1.82, 2.24) is 10.2 Å². The number of hydrogen-bond acceptors (Lipinski definition) is 3. The lowest BCUT2D eigenvalue weighted by molar-refractivity contribution is -0.127. The molecular formula is C16H22N2O2. The van der Waals surface area contributed by atoms with E-state index >= 15 is 0 Å². The summed E-state index contributed by atoms with van der Waals surface area (Å²) in [6.45, 7) is 9.51. The molecule has 1 N–H and O–H groups in total. The zero-order valence-corrected chi connectivity index (χ0v) is 12.6. The van der Waals surface area contributed by atoms with Crippen molar-refractivity contribution in [3.05, 3.63) is 34.4 Å². The summed E-state index contributed by atoms with van der Waals surface area (Å²) in [6, 6.07) is 3.77. The minimum absolute atomic E-state index is 0.000795. The highest BCUT2D eigenvalue weighted by atomic mass is 16.2. The van der Waals surface area contributed by atoms with Crippen molar-refractivity contribution in [3.63, 3.8) is 0 Å². The maximum Gasteiger partial charge on any atom is 0.237 e. The van der Waals surface area contributed by atoms with Gasteiger partial charge in [-0.05, 0) is 50.5 Å². The molecule has 1 aromatic carbocycles. The number of ketones is 1. The number of piperazine rings is 1. The molecule has 0 bridgehead atoms. The van der Waals surface area contributed by atoms with Gasteiger partial charge in [-0.1, -0.05) is 6.07 Å². The zero-order valence-electron chi connectivity index (χ0n) is 12.6. The summed E-state index contributed by atoms with van der Waals surface area (Å²) in [6.07, 6.45) is 0. The average Bonchev–Trinajstić information content (AvgIpc) is 2.39. The Hall–Kier alpha value is -1.68. The molecule has 1 aromatic rings. The molecule has 0 aromatic heterocycles. The number of aryl methyl sites for hydroxylation is 3. The van der Waals surface area contributed by atoms with Crippen LogP contribution in [0.5, 0.6) is 0 Å². The van der Waals surface area contributed by atoms with Gasteiger partial charge in [-0.15, -0.1) is 0 Å². The van der Waals surface area contributed by atoms with Gasteiger partial charge in [0, 0.05) is 18.7 Å². The molecule has 1 fully saturated rings. The number of rotatable bonds is 3. The van der Waals surface area contributed by atoms with E-state index in [2.05, 4.69) is 11.4 Å². The smallest absolute Gasteiger partial charge is 0.237 e. The molecule has 1 atom stereocenters. The number of nitrogens with zero attached hydrogens (tertiary/aromatic N) is 1. The molecule has 1 heterocycles. The van der Waals surface area contributed by atoms with Crippen molar-refractivity contribution in [2.24, 2.45) is 0 Å². The Morgan fingerprint density at radius 2 is 1.90 bits per heavy atom. The maximum absolute atomic E-state index is 12.5. The molecule has 1 saturated heterocycles. The van der Waals surface area contributed by atoms with Gasteiger partial charge in [-0.2, -0.15) is 0 Å². The van der Waals surface area contributed by atoms with E-state index < -0.39 is 0 Å². The molecule has 4 nitrogen and oxygen atoms in total. The molecule has 0 spiro atoms. The van der Waals surface area contributed by atoms with E-state index in [0.29, 0.717) is 13.1 Å². The molecule has 1 amide bonds. The molecule has 1 unspecified atom stereocenters. The molecule has 0 aliphatic carbocycles. The molecule has 2 rings (SSSR count). The highest BCUT2D eigenvalue weighted by Gasteiger charge is 2.27. The fourth-order valence-corrected chi connectivity index (χ4v) is 2.58. The van der Waals surface area contributed by atoms with Crippen LogP contribution in [-0.4, -0.2) is 42.3 Å². The van der Waals surface area contributed by atoms with E-state index in [1.165, 1.54) is 5.56 Å². The molecule has 20 heavy (non-hydrogen) atoms. The summed E-state index contributed by atoms with van der Waals surface area (Å²) in [5.74, 6) is 0.0907. The number of nitrogens with one attached hydrogen (secondary N) is 1. The SMILES string of the molecule is Cc1cc(C)c(C(=O)CN2CCNC(=O)C2C)cc1C. The molecule has 0 radical (unpaired) electrons. The van der Waals surface area contributed by atoms with Crippen molar-refractivity contribution in [2.75, 3.05) is 19.6 Å². The van der Waals surface area contributed by atoms with Gasteiger partial charge in [0.1, 0.15) is 0 Å². The van der Waals surface area contributed by atoms with Crippen LogP contribution in [-0.2, 0) is 4.79 Å². The summed E-state index contributed by atoms with van der Waals surface area (Å²) in [4.78, 5) is 26.0. The number of carbonyl (C=O) groups excluding carboxylic acids is 2. The van der Waals surface area contributed by atoms with Gasteiger partial charge in [0.2, 0.25) is 5.91 Å². The Labute approximate surface area is 120 Å². The third kappa shape index (κ3) is 2.90. The van der Waals surface area contributed by atoms with Gasteiger partial charge >= 0.3 is 0 Å².